The summed E-state index contributed by atoms with van der Waals surface area (Å²) in [5.74, 6) is 0.171. The first-order valence-electron chi connectivity index (χ1n) is 9.08. The zero-order chi connectivity index (χ0) is 19.9. The summed E-state index contributed by atoms with van der Waals surface area (Å²) < 4.78 is 5.29. The second-order valence-corrected chi connectivity index (χ2v) is 7.46. The van der Waals surface area contributed by atoms with Crippen molar-refractivity contribution in [3.63, 3.8) is 0 Å². The fourth-order valence-corrected chi connectivity index (χ4v) is 2.71. The molecular formula is C22H28N2O3. The molecule has 0 heterocycles. The van der Waals surface area contributed by atoms with Crippen molar-refractivity contribution in [3.8, 4) is 5.75 Å². The van der Waals surface area contributed by atoms with E-state index >= 15 is 0 Å². The fourth-order valence-electron chi connectivity index (χ4n) is 2.71. The average Bonchev–Trinajstić information content (AvgIpc) is 2.61. The molecule has 144 valence electrons. The lowest BCUT2D eigenvalue weighted by Gasteiger charge is -2.19. The number of ether oxygens (including phenoxy) is 1. The third kappa shape index (κ3) is 6.44. The smallest absolute Gasteiger partial charge is 0.233 e. The number of anilines is 1. The Bertz CT molecular complexity index is 777. The van der Waals surface area contributed by atoms with E-state index < -0.39 is 0 Å². The quantitative estimate of drug-likeness (QED) is 0.733. The van der Waals surface area contributed by atoms with Gasteiger partial charge in [-0.2, -0.15) is 0 Å². The van der Waals surface area contributed by atoms with E-state index in [9.17, 15) is 9.59 Å². The molecule has 0 spiro atoms. The van der Waals surface area contributed by atoms with Crippen LogP contribution in [-0.4, -0.2) is 25.5 Å². The molecule has 5 heteroatoms. The number of rotatable bonds is 7. The summed E-state index contributed by atoms with van der Waals surface area (Å²) in [5, 5.41) is 5.53. The SMILES string of the molecule is COc1ccccc1CCNC(=O)CC(=O)Nc1ccc(C(C)(C)C)cc1. The first-order chi connectivity index (χ1) is 12.8. The van der Waals surface area contributed by atoms with Gasteiger partial charge in [0.15, 0.2) is 0 Å². The lowest BCUT2D eigenvalue weighted by Crippen LogP contribution is -2.29. The minimum Gasteiger partial charge on any atom is -0.496 e. The third-order valence-corrected chi connectivity index (χ3v) is 4.26. The predicted molar refractivity (Wildman–Crippen MR) is 108 cm³/mol. The lowest BCUT2D eigenvalue weighted by atomic mass is 9.87. The van der Waals surface area contributed by atoms with Crippen LogP contribution in [0.1, 0.15) is 38.3 Å². The molecule has 0 bridgehead atoms. The second-order valence-electron chi connectivity index (χ2n) is 7.46. The molecule has 0 aliphatic heterocycles. The van der Waals surface area contributed by atoms with Crippen molar-refractivity contribution in [2.45, 2.75) is 39.0 Å². The highest BCUT2D eigenvalue weighted by Crippen LogP contribution is 2.23. The summed E-state index contributed by atoms with van der Waals surface area (Å²) in [6, 6.07) is 15.4. The maximum Gasteiger partial charge on any atom is 0.233 e. The van der Waals surface area contributed by atoms with Gasteiger partial charge in [-0.15, -0.1) is 0 Å². The van der Waals surface area contributed by atoms with Crippen molar-refractivity contribution < 1.29 is 14.3 Å². The van der Waals surface area contributed by atoms with Crippen molar-refractivity contribution in [2.24, 2.45) is 0 Å². The van der Waals surface area contributed by atoms with Crippen LogP contribution in [0.15, 0.2) is 48.5 Å². The number of methoxy groups -OCH3 is 1. The van der Waals surface area contributed by atoms with E-state index in [4.69, 9.17) is 4.74 Å². The summed E-state index contributed by atoms with van der Waals surface area (Å²) >= 11 is 0. The van der Waals surface area contributed by atoms with E-state index in [0.29, 0.717) is 18.7 Å². The van der Waals surface area contributed by atoms with E-state index in [1.54, 1.807) is 7.11 Å². The summed E-state index contributed by atoms with van der Waals surface area (Å²) in [4.78, 5) is 24.0. The van der Waals surface area contributed by atoms with Crippen molar-refractivity contribution in [1.82, 2.24) is 5.32 Å². The topological polar surface area (TPSA) is 67.4 Å². The van der Waals surface area contributed by atoms with Crippen LogP contribution in [0.25, 0.3) is 0 Å². The van der Waals surface area contributed by atoms with Gasteiger partial charge in [0.05, 0.1) is 7.11 Å². The van der Waals surface area contributed by atoms with Gasteiger partial charge in [0.25, 0.3) is 0 Å². The first kappa shape index (κ1) is 20.5. The Hall–Kier alpha value is -2.82. The maximum absolute atomic E-state index is 12.0. The van der Waals surface area contributed by atoms with E-state index in [1.807, 2.05) is 48.5 Å². The van der Waals surface area contributed by atoms with E-state index in [1.165, 1.54) is 5.56 Å². The predicted octanol–water partition coefficient (Wildman–Crippen LogP) is 3.68. The highest BCUT2D eigenvalue weighted by molar-refractivity contribution is 6.03. The van der Waals surface area contributed by atoms with Gasteiger partial charge in [-0.05, 0) is 41.2 Å². The Morgan fingerprint density at radius 2 is 1.63 bits per heavy atom. The molecule has 0 aliphatic rings. The van der Waals surface area contributed by atoms with Gasteiger partial charge in [0, 0.05) is 12.2 Å². The Balaban J connectivity index is 1.77. The van der Waals surface area contributed by atoms with Gasteiger partial charge < -0.3 is 15.4 Å². The number of nitrogens with one attached hydrogen (secondary N) is 2. The zero-order valence-corrected chi connectivity index (χ0v) is 16.5. The van der Waals surface area contributed by atoms with E-state index in [2.05, 4.69) is 31.4 Å². The molecule has 0 aromatic heterocycles. The summed E-state index contributed by atoms with van der Waals surface area (Å²) in [6.45, 7) is 6.86. The Morgan fingerprint density at radius 3 is 2.26 bits per heavy atom. The average molecular weight is 368 g/mol. The van der Waals surface area contributed by atoms with Crippen LogP contribution in [0.2, 0.25) is 0 Å². The summed E-state index contributed by atoms with van der Waals surface area (Å²) in [7, 11) is 1.62. The minimum atomic E-state index is -0.326. The molecule has 0 fully saturated rings. The van der Waals surface area contributed by atoms with Crippen molar-refractivity contribution in [2.75, 3.05) is 19.0 Å². The standard InChI is InChI=1S/C22H28N2O3/c1-22(2,3)17-9-11-18(12-10-17)24-21(26)15-20(25)23-14-13-16-7-5-6-8-19(16)27-4/h5-12H,13-15H2,1-4H3,(H,23,25)(H,24,26). The number of hydrogen-bond acceptors (Lipinski definition) is 3. The lowest BCUT2D eigenvalue weighted by molar-refractivity contribution is -0.126. The summed E-state index contributed by atoms with van der Waals surface area (Å²) in [5.41, 5.74) is 2.96. The molecule has 2 rings (SSSR count). The normalized spacial score (nSPS) is 11.0. The first-order valence-corrected chi connectivity index (χ1v) is 9.08. The van der Waals surface area contributed by atoms with Crippen molar-refractivity contribution in [1.29, 1.82) is 0 Å². The maximum atomic E-state index is 12.0. The van der Waals surface area contributed by atoms with Crippen LogP contribution in [0.4, 0.5) is 5.69 Å². The highest BCUT2D eigenvalue weighted by atomic mass is 16.5. The van der Waals surface area contributed by atoms with Gasteiger partial charge in [-0.25, -0.2) is 0 Å². The Labute approximate surface area is 161 Å². The zero-order valence-electron chi connectivity index (χ0n) is 16.5. The van der Waals surface area contributed by atoms with Gasteiger partial charge in [-0.1, -0.05) is 51.1 Å². The molecule has 2 aromatic rings. The fraction of sp³-hybridized carbons (Fsp3) is 0.364. The molecule has 2 amide bonds. The Kier molecular flexibility index (Phi) is 6.99. The molecule has 0 atom stereocenters. The van der Waals surface area contributed by atoms with Crippen LogP contribution in [0.5, 0.6) is 5.75 Å². The van der Waals surface area contributed by atoms with Crippen LogP contribution >= 0.6 is 0 Å². The molecule has 0 radical (unpaired) electrons. The minimum absolute atomic E-state index is 0.0594. The molecule has 2 N–H and O–H groups in total. The van der Waals surface area contributed by atoms with Gasteiger partial charge in [0.1, 0.15) is 12.2 Å². The van der Waals surface area contributed by atoms with Crippen molar-refractivity contribution >= 4 is 17.5 Å². The van der Waals surface area contributed by atoms with Gasteiger partial charge in [0.2, 0.25) is 11.8 Å². The monoisotopic (exact) mass is 368 g/mol. The molecule has 0 saturated heterocycles. The number of para-hydroxylation sites is 1. The number of carbonyl (C=O) groups is 2. The number of carbonyl (C=O) groups excluding carboxylic acids is 2. The van der Waals surface area contributed by atoms with Gasteiger partial charge >= 0.3 is 0 Å². The van der Waals surface area contributed by atoms with Crippen molar-refractivity contribution in [3.05, 3.63) is 59.7 Å². The molecule has 5 nitrogen and oxygen atoms in total. The van der Waals surface area contributed by atoms with Crippen LogP contribution in [0.3, 0.4) is 0 Å². The third-order valence-electron chi connectivity index (χ3n) is 4.26. The number of benzene rings is 2. The molecule has 27 heavy (non-hydrogen) atoms. The molecule has 2 aromatic carbocycles. The second kappa shape index (κ2) is 9.21. The molecule has 0 unspecified atom stereocenters. The molecule has 0 saturated carbocycles. The van der Waals surface area contributed by atoms with E-state index in [0.717, 1.165) is 11.3 Å². The summed E-state index contributed by atoms with van der Waals surface area (Å²) in [6.07, 6.45) is 0.443. The van der Waals surface area contributed by atoms with Crippen LogP contribution in [0, 0.1) is 0 Å². The van der Waals surface area contributed by atoms with Crippen LogP contribution < -0.4 is 15.4 Å². The molecule has 0 aliphatic carbocycles. The number of hydrogen-bond donors (Lipinski definition) is 2. The van der Waals surface area contributed by atoms with E-state index in [-0.39, 0.29) is 23.7 Å². The van der Waals surface area contributed by atoms with Crippen LogP contribution in [-0.2, 0) is 21.4 Å². The highest BCUT2D eigenvalue weighted by Gasteiger charge is 2.14. The van der Waals surface area contributed by atoms with Gasteiger partial charge in [-0.3, -0.25) is 9.59 Å². The largest absolute Gasteiger partial charge is 0.496 e. The number of amides is 2. The Morgan fingerprint density at radius 1 is 0.963 bits per heavy atom. The molecular weight excluding hydrogens is 340 g/mol.